The number of carbonyl (C=O) groups is 1. The molecule has 0 fully saturated rings. The number of hydrogen-bond donors (Lipinski definition) is 1. The van der Waals surface area contributed by atoms with Crippen LogP contribution >= 0.6 is 0 Å². The monoisotopic (exact) mass is 438 g/mol. The van der Waals surface area contributed by atoms with E-state index in [4.69, 9.17) is 14.4 Å². The molecule has 0 aliphatic heterocycles. The van der Waals surface area contributed by atoms with Crippen molar-refractivity contribution in [3.63, 3.8) is 0 Å². The smallest absolute Gasteiger partial charge is 0.307 e. The highest BCUT2D eigenvalue weighted by molar-refractivity contribution is 5.92. The van der Waals surface area contributed by atoms with Crippen molar-refractivity contribution in [1.29, 1.82) is 5.26 Å². The fraction of sp³-hybridized carbons (Fsp3) is 0.115. The van der Waals surface area contributed by atoms with Gasteiger partial charge in [0.1, 0.15) is 18.1 Å². The number of aryl methyl sites for hydroxylation is 2. The predicted octanol–water partition coefficient (Wildman–Crippen LogP) is 4.90. The van der Waals surface area contributed by atoms with E-state index >= 15 is 0 Å². The second-order valence-corrected chi connectivity index (χ2v) is 7.43. The van der Waals surface area contributed by atoms with Crippen molar-refractivity contribution in [1.82, 2.24) is 9.99 Å². The summed E-state index contributed by atoms with van der Waals surface area (Å²) >= 11 is 0. The molecular weight excluding hydrogens is 416 g/mol. The molecule has 0 aliphatic carbocycles. The van der Waals surface area contributed by atoms with Crippen LogP contribution in [0.15, 0.2) is 82.3 Å². The third kappa shape index (κ3) is 5.20. The molecule has 1 amide bonds. The molecule has 2 heterocycles. The van der Waals surface area contributed by atoms with Crippen molar-refractivity contribution in [2.75, 3.05) is 0 Å². The Hall–Kier alpha value is -4.57. The van der Waals surface area contributed by atoms with E-state index in [0.717, 1.165) is 11.3 Å². The number of furan rings is 1. The number of nitrogens with one attached hydrogen (secondary N) is 1. The average molecular weight is 438 g/mol. The lowest BCUT2D eigenvalue weighted by atomic mass is 10.2. The fourth-order valence-corrected chi connectivity index (χ4v) is 3.36. The summed E-state index contributed by atoms with van der Waals surface area (Å²) in [6.45, 7) is 4.34. The summed E-state index contributed by atoms with van der Waals surface area (Å²) in [4.78, 5) is 12.2. The van der Waals surface area contributed by atoms with Crippen LogP contribution in [-0.2, 0) is 6.61 Å². The van der Waals surface area contributed by atoms with Gasteiger partial charge in [0.2, 0.25) is 0 Å². The van der Waals surface area contributed by atoms with Gasteiger partial charge in [-0.1, -0.05) is 12.1 Å². The Labute approximate surface area is 191 Å². The molecular formula is C26H22N4O3. The molecule has 2 aromatic carbocycles. The minimum Gasteiger partial charge on any atom is -0.486 e. The normalized spacial score (nSPS) is 10.8. The highest BCUT2D eigenvalue weighted by atomic mass is 16.5. The largest absolute Gasteiger partial charge is 0.486 e. The zero-order valence-electron chi connectivity index (χ0n) is 18.3. The van der Waals surface area contributed by atoms with Crippen molar-refractivity contribution >= 4 is 12.1 Å². The van der Waals surface area contributed by atoms with Crippen molar-refractivity contribution in [2.24, 2.45) is 5.10 Å². The maximum Gasteiger partial charge on any atom is 0.307 e. The summed E-state index contributed by atoms with van der Waals surface area (Å²) in [6.07, 6.45) is 1.49. The first kappa shape index (κ1) is 21.7. The van der Waals surface area contributed by atoms with Crippen LogP contribution in [0.1, 0.15) is 38.8 Å². The molecule has 0 radical (unpaired) electrons. The van der Waals surface area contributed by atoms with E-state index < -0.39 is 5.91 Å². The standard InChI is InChI=1S/C26H22N4O3/c1-18-3-4-19(2)30(18)22-9-11-23(12-10-22)32-17-24-13-14-25(33-24)26(31)29-28-16-21-7-5-20(15-27)6-8-21/h3-14,16H,17H2,1-2H3,(H,29,31)/b28-16+. The van der Waals surface area contributed by atoms with E-state index in [1.807, 2.05) is 30.3 Å². The number of amides is 1. The minimum absolute atomic E-state index is 0.138. The van der Waals surface area contributed by atoms with Crippen molar-refractivity contribution in [3.8, 4) is 17.5 Å². The van der Waals surface area contributed by atoms with Gasteiger partial charge in [0.05, 0.1) is 17.8 Å². The molecule has 0 saturated carbocycles. The molecule has 0 spiro atoms. The van der Waals surface area contributed by atoms with Crippen LogP contribution in [0, 0.1) is 25.2 Å². The van der Waals surface area contributed by atoms with Gasteiger partial charge in [0.15, 0.2) is 5.76 Å². The molecule has 2 aromatic heterocycles. The first-order valence-electron chi connectivity index (χ1n) is 10.3. The topological polar surface area (TPSA) is 92.5 Å². The molecule has 0 saturated heterocycles. The summed E-state index contributed by atoms with van der Waals surface area (Å²) in [6, 6.07) is 24.1. The number of benzene rings is 2. The SMILES string of the molecule is Cc1ccc(C)n1-c1ccc(OCc2ccc(C(=O)N/N=C/c3ccc(C#N)cc3)o2)cc1. The molecule has 4 aromatic rings. The van der Waals surface area contributed by atoms with Crippen molar-refractivity contribution < 1.29 is 13.9 Å². The average Bonchev–Trinajstić information content (AvgIpc) is 3.45. The second kappa shape index (κ2) is 9.71. The lowest BCUT2D eigenvalue weighted by Gasteiger charge is -2.10. The van der Waals surface area contributed by atoms with Gasteiger partial charge in [-0.25, -0.2) is 5.43 Å². The first-order valence-corrected chi connectivity index (χ1v) is 10.3. The third-order valence-corrected chi connectivity index (χ3v) is 5.05. The van der Waals surface area contributed by atoms with Gasteiger partial charge in [-0.05, 0) is 80.1 Å². The predicted molar refractivity (Wildman–Crippen MR) is 125 cm³/mol. The maximum atomic E-state index is 12.2. The summed E-state index contributed by atoms with van der Waals surface area (Å²) in [5.74, 6) is 0.903. The number of hydrogen-bond acceptors (Lipinski definition) is 5. The van der Waals surface area contributed by atoms with E-state index in [1.54, 1.807) is 36.4 Å². The van der Waals surface area contributed by atoms with Gasteiger partial charge < -0.3 is 13.7 Å². The number of hydrazone groups is 1. The zero-order chi connectivity index (χ0) is 23.2. The quantitative estimate of drug-likeness (QED) is 0.328. The minimum atomic E-state index is -0.465. The van der Waals surface area contributed by atoms with Gasteiger partial charge in [-0.15, -0.1) is 0 Å². The fourth-order valence-electron chi connectivity index (χ4n) is 3.36. The van der Waals surface area contributed by atoms with Crippen LogP contribution in [-0.4, -0.2) is 16.7 Å². The molecule has 0 aliphatic rings. The molecule has 0 atom stereocenters. The van der Waals surface area contributed by atoms with E-state index in [1.165, 1.54) is 17.6 Å². The Balaban J connectivity index is 1.30. The lowest BCUT2D eigenvalue weighted by molar-refractivity contribution is 0.0923. The van der Waals surface area contributed by atoms with Crippen LogP contribution in [0.4, 0.5) is 0 Å². The van der Waals surface area contributed by atoms with E-state index in [-0.39, 0.29) is 12.4 Å². The van der Waals surface area contributed by atoms with E-state index in [2.05, 4.69) is 41.1 Å². The Bertz CT molecular complexity index is 1300. The number of aromatic nitrogens is 1. The maximum absolute atomic E-state index is 12.2. The number of rotatable bonds is 7. The van der Waals surface area contributed by atoms with Crippen LogP contribution in [0.2, 0.25) is 0 Å². The van der Waals surface area contributed by atoms with Crippen LogP contribution < -0.4 is 10.2 Å². The molecule has 4 rings (SSSR count). The lowest BCUT2D eigenvalue weighted by Crippen LogP contribution is -2.16. The molecule has 33 heavy (non-hydrogen) atoms. The highest BCUT2D eigenvalue weighted by Crippen LogP contribution is 2.21. The molecule has 164 valence electrons. The van der Waals surface area contributed by atoms with Crippen LogP contribution in [0.25, 0.3) is 5.69 Å². The Morgan fingerprint density at radius 3 is 2.39 bits per heavy atom. The molecule has 0 unspecified atom stereocenters. The van der Waals surface area contributed by atoms with Gasteiger partial charge in [-0.2, -0.15) is 10.4 Å². The van der Waals surface area contributed by atoms with Gasteiger partial charge in [-0.3, -0.25) is 4.79 Å². The number of nitrogens with zero attached hydrogens (tertiary/aromatic N) is 3. The van der Waals surface area contributed by atoms with Crippen LogP contribution in [0.3, 0.4) is 0 Å². The summed E-state index contributed by atoms with van der Waals surface area (Å²) < 4.78 is 13.5. The van der Waals surface area contributed by atoms with Crippen LogP contribution in [0.5, 0.6) is 5.75 Å². The molecule has 0 bridgehead atoms. The molecule has 7 nitrogen and oxygen atoms in total. The summed E-state index contributed by atoms with van der Waals surface area (Å²) in [5, 5.41) is 12.7. The summed E-state index contributed by atoms with van der Waals surface area (Å²) in [7, 11) is 0. The van der Waals surface area contributed by atoms with E-state index in [9.17, 15) is 4.79 Å². The second-order valence-electron chi connectivity index (χ2n) is 7.43. The van der Waals surface area contributed by atoms with E-state index in [0.29, 0.717) is 17.1 Å². The van der Waals surface area contributed by atoms with Gasteiger partial charge in [0.25, 0.3) is 0 Å². The Morgan fingerprint density at radius 1 is 1.03 bits per heavy atom. The highest BCUT2D eigenvalue weighted by Gasteiger charge is 2.11. The number of ether oxygens (including phenoxy) is 1. The Kier molecular flexibility index (Phi) is 6.37. The zero-order valence-corrected chi connectivity index (χ0v) is 18.3. The summed E-state index contributed by atoms with van der Waals surface area (Å²) in [5.41, 5.74) is 7.15. The molecule has 7 heteroatoms. The first-order chi connectivity index (χ1) is 16.0. The van der Waals surface area contributed by atoms with Gasteiger partial charge >= 0.3 is 5.91 Å². The molecule has 1 N–H and O–H groups in total. The number of carbonyl (C=O) groups excluding carboxylic acids is 1. The van der Waals surface area contributed by atoms with Crippen molar-refractivity contribution in [3.05, 3.63) is 107 Å². The number of nitriles is 1. The third-order valence-electron chi connectivity index (χ3n) is 5.05. The van der Waals surface area contributed by atoms with Gasteiger partial charge in [0, 0.05) is 17.1 Å². The van der Waals surface area contributed by atoms with Crippen molar-refractivity contribution in [2.45, 2.75) is 20.5 Å². The Morgan fingerprint density at radius 2 is 1.73 bits per heavy atom.